The molecule has 1 aliphatic carbocycles. The van der Waals surface area contributed by atoms with Crippen LogP contribution in [0.5, 0.6) is 0 Å². The van der Waals surface area contributed by atoms with Crippen LogP contribution in [0.1, 0.15) is 105 Å². The quantitative estimate of drug-likeness (QED) is 0.250. The van der Waals surface area contributed by atoms with E-state index in [1.54, 1.807) is 18.7 Å². The maximum Gasteiger partial charge on any atom is 0.255 e. The minimum Gasteiger partial charge on any atom is -0.369 e. The van der Waals surface area contributed by atoms with Gasteiger partial charge in [-0.25, -0.2) is 9.37 Å². The monoisotopic (exact) mass is 788 g/mol. The lowest BCUT2D eigenvalue weighted by Crippen LogP contribution is -2.52. The number of nitrogens with zero attached hydrogens (tertiary/aromatic N) is 7. The Morgan fingerprint density at radius 3 is 2.41 bits per heavy atom. The lowest BCUT2D eigenvalue weighted by Gasteiger charge is -2.43. The van der Waals surface area contributed by atoms with Crippen molar-refractivity contribution in [3.05, 3.63) is 88.4 Å². The number of carbonyl (C=O) groups excluding carboxylic acids is 3. The highest BCUT2D eigenvalue weighted by Gasteiger charge is 2.42. The fraction of sp³-hybridized carbons (Fsp3) is 0.543. The number of imide groups is 1. The highest BCUT2D eigenvalue weighted by molar-refractivity contribution is 6.05. The summed E-state index contributed by atoms with van der Waals surface area (Å²) in [6.45, 7) is 13.3. The van der Waals surface area contributed by atoms with E-state index >= 15 is 4.39 Å². The number of hydrogen-bond donors (Lipinski definition) is 1. The summed E-state index contributed by atoms with van der Waals surface area (Å²) >= 11 is 0. The van der Waals surface area contributed by atoms with Crippen LogP contribution < -0.4 is 15.1 Å². The Bertz CT molecular complexity index is 2080. The van der Waals surface area contributed by atoms with Gasteiger partial charge in [0.2, 0.25) is 11.8 Å². The first-order valence-electron chi connectivity index (χ1n) is 21.6. The standard InChI is InChI=1S/C46H57FN8O3/c1-30-23-37-35-9-5-4-8-32(35)25-38(37)43(55(30)29-46(2,3)47)39-26-49-41(27-48-39)53-17-14-31(15-18-53)7-6-16-51-19-21-52(22-20-51)34-10-11-36-33(24-34)28-54(45(36)58)40-12-13-42(56)50-44(40)57/h4-5,8-11,24,26-27,30-31,40,43H,6-7,12-23,25,28-29H2,1-3H3,(H,50,56,57)/t30-,40?,43+/m1/s1. The van der Waals surface area contributed by atoms with Crippen molar-refractivity contribution in [2.24, 2.45) is 5.92 Å². The van der Waals surface area contributed by atoms with Crippen molar-refractivity contribution in [1.29, 1.82) is 0 Å². The van der Waals surface area contributed by atoms with E-state index < -0.39 is 11.7 Å². The minimum atomic E-state index is -1.32. The van der Waals surface area contributed by atoms with Crippen LogP contribution in [0.25, 0.3) is 5.57 Å². The van der Waals surface area contributed by atoms with Crippen molar-refractivity contribution in [1.82, 2.24) is 30.0 Å². The molecule has 306 valence electrons. The van der Waals surface area contributed by atoms with E-state index in [-0.39, 0.29) is 36.2 Å². The van der Waals surface area contributed by atoms with Crippen LogP contribution in [0, 0.1) is 5.92 Å². The van der Waals surface area contributed by atoms with Crippen LogP contribution in [0.2, 0.25) is 0 Å². The van der Waals surface area contributed by atoms with Gasteiger partial charge in [-0.3, -0.25) is 34.5 Å². The first-order chi connectivity index (χ1) is 28.0. The second-order valence-corrected chi connectivity index (χ2v) is 18.1. The van der Waals surface area contributed by atoms with Gasteiger partial charge in [0.05, 0.1) is 24.1 Å². The van der Waals surface area contributed by atoms with Gasteiger partial charge in [-0.1, -0.05) is 24.3 Å². The molecule has 0 saturated carbocycles. The number of fused-ring (bicyclic) bond motifs is 3. The predicted octanol–water partition coefficient (Wildman–Crippen LogP) is 5.95. The summed E-state index contributed by atoms with van der Waals surface area (Å²) in [7, 11) is 0. The average molecular weight is 789 g/mol. The normalized spacial score (nSPS) is 24.7. The summed E-state index contributed by atoms with van der Waals surface area (Å²) in [4.78, 5) is 58.6. The van der Waals surface area contributed by atoms with Gasteiger partial charge in [0.15, 0.2) is 0 Å². The molecule has 58 heavy (non-hydrogen) atoms. The van der Waals surface area contributed by atoms with E-state index in [1.807, 2.05) is 24.5 Å². The predicted molar refractivity (Wildman–Crippen MR) is 223 cm³/mol. The number of nitrogens with one attached hydrogen (secondary N) is 1. The van der Waals surface area contributed by atoms with E-state index in [9.17, 15) is 14.4 Å². The van der Waals surface area contributed by atoms with E-state index in [0.717, 1.165) is 94.3 Å². The molecule has 3 aromatic rings. The zero-order chi connectivity index (χ0) is 40.1. The minimum absolute atomic E-state index is 0.0812. The number of amides is 3. The summed E-state index contributed by atoms with van der Waals surface area (Å²) in [6, 6.07) is 14.3. The highest BCUT2D eigenvalue weighted by Crippen LogP contribution is 2.48. The number of rotatable bonds is 10. The maximum absolute atomic E-state index is 15.2. The lowest BCUT2D eigenvalue weighted by molar-refractivity contribution is -0.136. The van der Waals surface area contributed by atoms with Crippen LogP contribution in [0.15, 0.2) is 60.4 Å². The molecule has 2 aromatic carbocycles. The summed E-state index contributed by atoms with van der Waals surface area (Å²) in [5.74, 6) is 0.884. The highest BCUT2D eigenvalue weighted by atomic mass is 19.1. The van der Waals surface area contributed by atoms with Crippen molar-refractivity contribution < 1.29 is 18.8 Å². The topological polar surface area (TPSA) is 105 Å². The number of carbonyl (C=O) groups is 3. The van der Waals surface area contributed by atoms with Crippen molar-refractivity contribution in [3.8, 4) is 0 Å². The number of aromatic nitrogens is 2. The number of hydrogen-bond acceptors (Lipinski definition) is 9. The molecular formula is C46H57FN8O3. The van der Waals surface area contributed by atoms with Gasteiger partial charge < -0.3 is 14.7 Å². The lowest BCUT2D eigenvalue weighted by atomic mass is 9.86. The van der Waals surface area contributed by atoms with Gasteiger partial charge in [-0.15, -0.1) is 0 Å². The number of benzene rings is 2. The largest absolute Gasteiger partial charge is 0.369 e. The third-order valence-corrected chi connectivity index (χ3v) is 13.6. The molecule has 1 unspecified atom stereocenters. The van der Waals surface area contributed by atoms with Gasteiger partial charge >= 0.3 is 0 Å². The Labute approximate surface area is 341 Å². The zero-order valence-electron chi connectivity index (χ0n) is 34.3. The Morgan fingerprint density at radius 1 is 0.879 bits per heavy atom. The number of halogens is 1. The number of piperazine rings is 1. The smallest absolute Gasteiger partial charge is 0.255 e. The average Bonchev–Trinajstić information content (AvgIpc) is 3.74. The van der Waals surface area contributed by atoms with Crippen LogP contribution in [0.4, 0.5) is 15.9 Å². The molecule has 3 saturated heterocycles. The zero-order valence-corrected chi connectivity index (χ0v) is 34.3. The Hall–Kier alpha value is -4.68. The van der Waals surface area contributed by atoms with Gasteiger partial charge in [0.25, 0.3) is 5.91 Å². The Balaban J connectivity index is 0.740. The Kier molecular flexibility index (Phi) is 10.6. The van der Waals surface area contributed by atoms with Crippen LogP contribution in [-0.4, -0.2) is 112 Å². The fourth-order valence-electron chi connectivity index (χ4n) is 10.5. The molecule has 12 heteroatoms. The molecule has 3 atom stereocenters. The molecule has 3 fully saturated rings. The molecule has 1 N–H and O–H groups in total. The van der Waals surface area contributed by atoms with Crippen LogP contribution >= 0.6 is 0 Å². The molecule has 9 rings (SSSR count). The molecule has 11 nitrogen and oxygen atoms in total. The first kappa shape index (κ1) is 38.8. The third-order valence-electron chi connectivity index (χ3n) is 13.6. The molecule has 5 aliphatic heterocycles. The number of piperidine rings is 2. The van der Waals surface area contributed by atoms with Crippen molar-refractivity contribution >= 4 is 34.8 Å². The molecule has 0 bridgehead atoms. The molecule has 0 radical (unpaired) electrons. The molecule has 0 spiro atoms. The molecule has 6 heterocycles. The van der Waals surface area contributed by atoms with Gasteiger partial charge in [0, 0.05) is 76.1 Å². The van der Waals surface area contributed by atoms with E-state index in [0.29, 0.717) is 31.0 Å². The van der Waals surface area contributed by atoms with Crippen molar-refractivity contribution in [3.63, 3.8) is 0 Å². The summed E-state index contributed by atoms with van der Waals surface area (Å²) in [6.07, 6.45) is 11.1. The molecule has 6 aliphatic rings. The van der Waals surface area contributed by atoms with Gasteiger partial charge in [-0.2, -0.15) is 0 Å². The SMILES string of the molecule is C[C@@H]1CC2=C(Cc3ccccc32)[C@@H](c2cnc(N3CCC(CCCN4CCN(c5ccc6c(c5)CN(C5CCC(=O)NC5=O)C6=O)CC4)CC3)cn2)N1CC(C)(C)F. The molecular weight excluding hydrogens is 732 g/mol. The summed E-state index contributed by atoms with van der Waals surface area (Å²) in [5, 5.41) is 2.38. The third kappa shape index (κ3) is 7.77. The van der Waals surface area contributed by atoms with Gasteiger partial charge in [-0.05, 0) is 124 Å². The van der Waals surface area contributed by atoms with E-state index in [4.69, 9.17) is 9.97 Å². The van der Waals surface area contributed by atoms with Crippen LogP contribution in [0.3, 0.4) is 0 Å². The van der Waals surface area contributed by atoms with E-state index in [2.05, 4.69) is 62.2 Å². The summed E-state index contributed by atoms with van der Waals surface area (Å²) in [5.41, 5.74) is 7.81. The fourth-order valence-corrected chi connectivity index (χ4v) is 10.5. The van der Waals surface area contributed by atoms with Crippen molar-refractivity contribution in [2.45, 2.75) is 102 Å². The van der Waals surface area contributed by atoms with Crippen molar-refractivity contribution in [2.75, 3.05) is 62.2 Å². The first-order valence-corrected chi connectivity index (χ1v) is 21.6. The van der Waals surface area contributed by atoms with E-state index in [1.165, 1.54) is 35.1 Å². The second kappa shape index (κ2) is 15.8. The summed E-state index contributed by atoms with van der Waals surface area (Å²) < 4.78 is 15.2. The second-order valence-electron chi connectivity index (χ2n) is 18.1. The maximum atomic E-state index is 15.2. The Morgan fingerprint density at radius 2 is 1.67 bits per heavy atom. The van der Waals surface area contributed by atoms with Gasteiger partial charge in [0.1, 0.15) is 17.5 Å². The number of alkyl halides is 1. The number of anilines is 2. The molecule has 1 aromatic heterocycles. The van der Waals surface area contributed by atoms with Crippen LogP contribution in [-0.2, 0) is 22.6 Å². The molecule has 3 amide bonds.